The molecule has 0 radical (unpaired) electrons. The van der Waals surface area contributed by atoms with E-state index in [-0.39, 0.29) is 5.78 Å². The van der Waals surface area contributed by atoms with Gasteiger partial charge in [-0.2, -0.15) is 0 Å². The molecule has 0 unspecified atom stereocenters. The highest BCUT2D eigenvalue weighted by Crippen LogP contribution is 2.12. The van der Waals surface area contributed by atoms with Gasteiger partial charge in [-0.1, -0.05) is 6.08 Å². The maximum atomic E-state index is 11.1. The summed E-state index contributed by atoms with van der Waals surface area (Å²) in [5.41, 5.74) is 0.679. The summed E-state index contributed by atoms with van der Waals surface area (Å²) in [6.07, 6.45) is 1.71. The lowest BCUT2D eigenvalue weighted by Gasteiger charge is -2.08. The highest BCUT2D eigenvalue weighted by Gasteiger charge is 1.99. The van der Waals surface area contributed by atoms with Crippen LogP contribution in [-0.2, 0) is 14.2 Å². The highest BCUT2D eigenvalue weighted by molar-refractivity contribution is 5.94. The Morgan fingerprint density at radius 2 is 1.50 bits per heavy atom. The van der Waals surface area contributed by atoms with Crippen LogP contribution in [0.2, 0.25) is 0 Å². The first kappa shape index (κ1) is 18.4. The number of hydrogen-bond acceptors (Lipinski definition) is 5. The SMILES string of the molecule is C=CCOCCOCCOCCOc1ccc(C(C)=O)cc1. The number of rotatable bonds is 13. The van der Waals surface area contributed by atoms with Crippen molar-refractivity contribution in [2.45, 2.75) is 6.92 Å². The van der Waals surface area contributed by atoms with Gasteiger partial charge in [-0.3, -0.25) is 4.79 Å². The van der Waals surface area contributed by atoms with Crippen LogP contribution < -0.4 is 4.74 Å². The van der Waals surface area contributed by atoms with Crippen LogP contribution in [0.15, 0.2) is 36.9 Å². The lowest BCUT2D eigenvalue weighted by atomic mass is 10.1. The molecule has 0 heterocycles. The summed E-state index contributed by atoms with van der Waals surface area (Å²) in [4.78, 5) is 11.1. The molecule has 0 aliphatic heterocycles. The van der Waals surface area contributed by atoms with E-state index in [1.54, 1.807) is 30.3 Å². The van der Waals surface area contributed by atoms with Gasteiger partial charge in [0.1, 0.15) is 12.4 Å². The summed E-state index contributed by atoms with van der Waals surface area (Å²) < 4.78 is 21.4. The zero-order valence-electron chi connectivity index (χ0n) is 13.1. The number of ether oxygens (including phenoxy) is 4. The van der Waals surface area contributed by atoms with Crippen molar-refractivity contribution in [1.29, 1.82) is 0 Å². The number of hydrogen-bond donors (Lipinski definition) is 0. The molecule has 5 nitrogen and oxygen atoms in total. The Morgan fingerprint density at radius 1 is 0.955 bits per heavy atom. The zero-order chi connectivity index (χ0) is 16.0. The fourth-order valence-electron chi connectivity index (χ4n) is 1.61. The van der Waals surface area contributed by atoms with E-state index in [4.69, 9.17) is 18.9 Å². The first-order valence-electron chi connectivity index (χ1n) is 7.32. The van der Waals surface area contributed by atoms with E-state index in [2.05, 4.69) is 6.58 Å². The van der Waals surface area contributed by atoms with Crippen molar-refractivity contribution in [1.82, 2.24) is 0 Å². The Hall–Kier alpha value is -1.69. The standard InChI is InChI=1S/C17H24O5/c1-3-8-19-9-10-20-11-12-21-13-14-22-17-6-4-16(5-7-17)15(2)18/h3-7H,1,8-14H2,2H3. The number of Topliss-reactive ketones (excluding diaryl/α,β-unsaturated/α-hetero) is 1. The molecule has 0 aromatic heterocycles. The first-order chi connectivity index (χ1) is 10.7. The van der Waals surface area contributed by atoms with Gasteiger partial charge in [0.25, 0.3) is 0 Å². The van der Waals surface area contributed by atoms with E-state index in [0.29, 0.717) is 51.8 Å². The van der Waals surface area contributed by atoms with Gasteiger partial charge in [0.2, 0.25) is 0 Å². The molecular formula is C17H24O5. The Morgan fingerprint density at radius 3 is 2.05 bits per heavy atom. The Kier molecular flexibility index (Phi) is 9.94. The smallest absolute Gasteiger partial charge is 0.159 e. The molecule has 0 fully saturated rings. The number of benzene rings is 1. The van der Waals surface area contributed by atoms with Crippen LogP contribution in [0, 0.1) is 0 Å². The summed E-state index contributed by atoms with van der Waals surface area (Å²) in [6, 6.07) is 7.06. The predicted molar refractivity (Wildman–Crippen MR) is 84.6 cm³/mol. The third-order valence-corrected chi connectivity index (χ3v) is 2.74. The van der Waals surface area contributed by atoms with Crippen LogP contribution in [0.4, 0.5) is 0 Å². The van der Waals surface area contributed by atoms with Crippen LogP contribution in [0.3, 0.4) is 0 Å². The Balaban J connectivity index is 1.95. The second-order valence-corrected chi connectivity index (χ2v) is 4.52. The molecule has 22 heavy (non-hydrogen) atoms. The van der Waals surface area contributed by atoms with Crippen molar-refractivity contribution in [3.63, 3.8) is 0 Å². The second kappa shape index (κ2) is 11.9. The third-order valence-electron chi connectivity index (χ3n) is 2.74. The van der Waals surface area contributed by atoms with Crippen molar-refractivity contribution in [2.75, 3.05) is 46.2 Å². The van der Waals surface area contributed by atoms with Crippen LogP contribution in [0.1, 0.15) is 17.3 Å². The normalized spacial score (nSPS) is 10.4. The fourth-order valence-corrected chi connectivity index (χ4v) is 1.61. The molecule has 1 aromatic rings. The summed E-state index contributed by atoms with van der Waals surface area (Å²) in [7, 11) is 0. The van der Waals surface area contributed by atoms with E-state index >= 15 is 0 Å². The first-order valence-corrected chi connectivity index (χ1v) is 7.32. The minimum atomic E-state index is 0.0461. The van der Waals surface area contributed by atoms with Crippen LogP contribution in [0.25, 0.3) is 0 Å². The van der Waals surface area contributed by atoms with Crippen LogP contribution in [0.5, 0.6) is 5.75 Å². The largest absolute Gasteiger partial charge is 0.491 e. The summed E-state index contributed by atoms with van der Waals surface area (Å²) >= 11 is 0. The van der Waals surface area contributed by atoms with Gasteiger partial charge < -0.3 is 18.9 Å². The van der Waals surface area contributed by atoms with Gasteiger partial charge in [0.05, 0.1) is 39.6 Å². The van der Waals surface area contributed by atoms with Crippen LogP contribution >= 0.6 is 0 Å². The molecule has 122 valence electrons. The maximum Gasteiger partial charge on any atom is 0.159 e. The molecule has 0 atom stereocenters. The highest BCUT2D eigenvalue weighted by atomic mass is 16.6. The van der Waals surface area contributed by atoms with Gasteiger partial charge >= 0.3 is 0 Å². The van der Waals surface area contributed by atoms with Crippen molar-refractivity contribution < 1.29 is 23.7 Å². The molecule has 0 aliphatic rings. The molecule has 5 heteroatoms. The molecule has 0 N–H and O–H groups in total. The van der Waals surface area contributed by atoms with E-state index < -0.39 is 0 Å². The van der Waals surface area contributed by atoms with Crippen LogP contribution in [-0.4, -0.2) is 52.0 Å². The molecular weight excluding hydrogens is 284 g/mol. The van der Waals surface area contributed by atoms with E-state index in [1.165, 1.54) is 6.92 Å². The molecule has 1 rings (SSSR count). The number of carbonyl (C=O) groups is 1. The van der Waals surface area contributed by atoms with Gasteiger partial charge in [0.15, 0.2) is 5.78 Å². The molecule has 0 bridgehead atoms. The summed E-state index contributed by atoms with van der Waals surface area (Å²) in [6.45, 7) is 8.76. The minimum Gasteiger partial charge on any atom is -0.491 e. The quantitative estimate of drug-likeness (QED) is 0.318. The third kappa shape index (κ3) is 8.56. The van der Waals surface area contributed by atoms with E-state index in [0.717, 1.165) is 5.75 Å². The van der Waals surface area contributed by atoms with Gasteiger partial charge in [0, 0.05) is 5.56 Å². The average Bonchev–Trinajstić information content (AvgIpc) is 2.53. The fraction of sp³-hybridized carbons (Fsp3) is 0.471. The van der Waals surface area contributed by atoms with Crippen molar-refractivity contribution >= 4 is 5.78 Å². The lowest BCUT2D eigenvalue weighted by molar-refractivity contribution is 0.0135. The second-order valence-electron chi connectivity index (χ2n) is 4.52. The van der Waals surface area contributed by atoms with Gasteiger partial charge in [-0.15, -0.1) is 6.58 Å². The molecule has 0 spiro atoms. The molecule has 0 saturated carbocycles. The molecule has 1 aromatic carbocycles. The Labute approximate surface area is 131 Å². The molecule has 0 aliphatic carbocycles. The molecule has 0 amide bonds. The van der Waals surface area contributed by atoms with Crippen molar-refractivity contribution in [3.05, 3.63) is 42.5 Å². The van der Waals surface area contributed by atoms with Crippen molar-refractivity contribution in [3.8, 4) is 5.75 Å². The predicted octanol–water partition coefficient (Wildman–Crippen LogP) is 2.50. The average molecular weight is 308 g/mol. The summed E-state index contributed by atoms with van der Waals surface area (Å²) in [5, 5.41) is 0. The van der Waals surface area contributed by atoms with Gasteiger partial charge in [-0.25, -0.2) is 0 Å². The summed E-state index contributed by atoms with van der Waals surface area (Å²) in [5.74, 6) is 0.772. The Bertz CT molecular complexity index is 427. The van der Waals surface area contributed by atoms with E-state index in [9.17, 15) is 4.79 Å². The van der Waals surface area contributed by atoms with Gasteiger partial charge in [-0.05, 0) is 31.2 Å². The monoisotopic (exact) mass is 308 g/mol. The van der Waals surface area contributed by atoms with Crippen molar-refractivity contribution in [2.24, 2.45) is 0 Å². The lowest BCUT2D eigenvalue weighted by Crippen LogP contribution is -2.12. The number of carbonyl (C=O) groups excluding carboxylic acids is 1. The number of ketones is 1. The topological polar surface area (TPSA) is 54.0 Å². The molecule has 0 saturated heterocycles. The minimum absolute atomic E-state index is 0.0461. The maximum absolute atomic E-state index is 11.1. The van der Waals surface area contributed by atoms with E-state index in [1.807, 2.05) is 0 Å². The zero-order valence-corrected chi connectivity index (χ0v) is 13.1.